The molecule has 0 saturated carbocycles. The van der Waals surface area contributed by atoms with E-state index < -0.39 is 0 Å². The fourth-order valence-electron chi connectivity index (χ4n) is 4.71. The molecule has 0 bridgehead atoms. The van der Waals surface area contributed by atoms with Crippen LogP contribution in [0.4, 0.5) is 17.2 Å². The predicted octanol–water partition coefficient (Wildman–Crippen LogP) is 3.20. The zero-order valence-corrected chi connectivity index (χ0v) is 17.1. The van der Waals surface area contributed by atoms with Crippen molar-refractivity contribution in [3.8, 4) is 5.75 Å². The first kappa shape index (κ1) is 18.6. The maximum Gasteiger partial charge on any atom is 0.150 e. The first-order valence-electron chi connectivity index (χ1n) is 11.0. The second-order valence-electron chi connectivity index (χ2n) is 8.22. The van der Waals surface area contributed by atoms with E-state index in [1.165, 1.54) is 36.3 Å². The van der Waals surface area contributed by atoms with Crippen LogP contribution in [0.1, 0.15) is 24.8 Å². The lowest BCUT2D eigenvalue weighted by Crippen LogP contribution is -2.47. The number of nitrogens with one attached hydrogen (secondary N) is 1. The summed E-state index contributed by atoms with van der Waals surface area (Å²) in [6.07, 6.45) is 6.61. The van der Waals surface area contributed by atoms with Crippen LogP contribution in [0, 0.1) is 0 Å². The summed E-state index contributed by atoms with van der Waals surface area (Å²) in [5.74, 6) is 2.16. The summed E-state index contributed by atoms with van der Waals surface area (Å²) < 4.78 is 6.02. The van der Waals surface area contributed by atoms with E-state index in [-0.39, 0.29) is 0 Å². The van der Waals surface area contributed by atoms with Gasteiger partial charge < -0.3 is 19.9 Å². The zero-order valence-electron chi connectivity index (χ0n) is 17.1. The molecule has 0 amide bonds. The first-order chi connectivity index (χ1) is 14.4. The lowest BCUT2D eigenvalue weighted by atomic mass is 10.0. The Balaban J connectivity index is 1.07. The van der Waals surface area contributed by atoms with Gasteiger partial charge >= 0.3 is 0 Å². The maximum absolute atomic E-state index is 6.02. The van der Waals surface area contributed by atoms with E-state index in [4.69, 9.17) is 4.74 Å². The molecule has 3 aliphatic rings. The van der Waals surface area contributed by atoms with Crippen molar-refractivity contribution in [1.82, 2.24) is 9.88 Å². The molecular weight excluding hydrogens is 362 g/mol. The number of nitrogens with zero attached hydrogens (tertiary/aromatic N) is 4. The minimum absolute atomic E-state index is 0.858. The molecule has 0 spiro atoms. The smallest absolute Gasteiger partial charge is 0.150 e. The monoisotopic (exact) mass is 393 g/mol. The highest BCUT2D eigenvalue weighted by Crippen LogP contribution is 2.36. The van der Waals surface area contributed by atoms with E-state index in [0.29, 0.717) is 0 Å². The standard InChI is InChI=1S/C23H31N5O/c1(2-12-28-18-25-23-21(28)9-4-10-24-23)11-26-13-15-27(16-14-26)20-8-3-6-19-7-5-17-29-22(19)20/h3-4,6,8-10H,1-2,5,7,11-18H2,(H,24,25). The molecule has 154 valence electrons. The average Bonchev–Trinajstić information content (AvgIpc) is 3.20. The van der Waals surface area contributed by atoms with Gasteiger partial charge in [-0.05, 0) is 56.0 Å². The number of unbranched alkanes of at least 4 members (excludes halogenated alkanes) is 1. The Hall–Kier alpha value is -2.47. The van der Waals surface area contributed by atoms with Crippen LogP contribution in [0.3, 0.4) is 0 Å². The van der Waals surface area contributed by atoms with Crippen LogP contribution in [0.5, 0.6) is 5.75 Å². The number of benzene rings is 1. The Morgan fingerprint density at radius 1 is 0.966 bits per heavy atom. The van der Waals surface area contributed by atoms with Crippen molar-refractivity contribution in [2.24, 2.45) is 0 Å². The number of ether oxygens (including phenoxy) is 1. The van der Waals surface area contributed by atoms with E-state index in [9.17, 15) is 0 Å². The summed E-state index contributed by atoms with van der Waals surface area (Å²) in [5.41, 5.74) is 3.93. The van der Waals surface area contributed by atoms with Crippen LogP contribution in [-0.4, -0.2) is 62.4 Å². The molecule has 1 N–H and O–H groups in total. The third-order valence-corrected chi connectivity index (χ3v) is 6.34. The fourth-order valence-corrected chi connectivity index (χ4v) is 4.71. The molecule has 1 aromatic carbocycles. The number of hydrogen-bond acceptors (Lipinski definition) is 6. The normalized spacial score (nSPS) is 18.8. The third-order valence-electron chi connectivity index (χ3n) is 6.34. The fraction of sp³-hybridized carbons (Fsp3) is 0.522. The minimum Gasteiger partial charge on any atom is -0.491 e. The van der Waals surface area contributed by atoms with E-state index in [0.717, 1.165) is 70.4 Å². The molecule has 6 heteroatoms. The van der Waals surface area contributed by atoms with Gasteiger partial charge in [-0.1, -0.05) is 12.1 Å². The van der Waals surface area contributed by atoms with Gasteiger partial charge in [-0.15, -0.1) is 0 Å². The lowest BCUT2D eigenvalue weighted by Gasteiger charge is -2.37. The van der Waals surface area contributed by atoms with Gasteiger partial charge in [0.15, 0.2) is 5.82 Å². The Labute approximate surface area is 173 Å². The number of hydrogen-bond donors (Lipinski definition) is 1. The van der Waals surface area contributed by atoms with E-state index in [1.54, 1.807) is 0 Å². The van der Waals surface area contributed by atoms with Gasteiger partial charge in [0.1, 0.15) is 5.75 Å². The van der Waals surface area contributed by atoms with E-state index >= 15 is 0 Å². The Morgan fingerprint density at radius 3 is 2.76 bits per heavy atom. The van der Waals surface area contributed by atoms with Gasteiger partial charge in [0, 0.05) is 38.9 Å². The van der Waals surface area contributed by atoms with Crippen molar-refractivity contribution in [2.45, 2.75) is 25.7 Å². The number of fused-ring (bicyclic) bond motifs is 2. The number of pyridine rings is 1. The van der Waals surface area contributed by atoms with Gasteiger partial charge in [-0.3, -0.25) is 4.90 Å². The molecule has 0 radical (unpaired) electrons. The molecule has 0 atom stereocenters. The third kappa shape index (κ3) is 3.99. The van der Waals surface area contributed by atoms with Crippen LogP contribution in [0.15, 0.2) is 36.5 Å². The number of anilines is 3. The Morgan fingerprint density at radius 2 is 1.83 bits per heavy atom. The summed E-state index contributed by atoms with van der Waals surface area (Å²) in [6.45, 7) is 8.50. The largest absolute Gasteiger partial charge is 0.491 e. The number of para-hydroxylation sites is 1. The highest BCUT2D eigenvalue weighted by atomic mass is 16.5. The molecule has 1 saturated heterocycles. The van der Waals surface area contributed by atoms with Crippen LogP contribution in [0.25, 0.3) is 0 Å². The highest BCUT2D eigenvalue weighted by molar-refractivity contribution is 5.70. The molecule has 29 heavy (non-hydrogen) atoms. The summed E-state index contributed by atoms with van der Waals surface area (Å²) in [4.78, 5) is 11.9. The molecular formula is C23H31N5O. The molecule has 0 unspecified atom stereocenters. The van der Waals surface area contributed by atoms with Crippen molar-refractivity contribution in [2.75, 3.05) is 67.7 Å². The molecule has 2 aromatic rings. The van der Waals surface area contributed by atoms with Gasteiger partial charge in [-0.2, -0.15) is 0 Å². The molecule has 0 aliphatic carbocycles. The summed E-state index contributed by atoms with van der Waals surface area (Å²) in [5, 5.41) is 3.37. The number of aromatic nitrogens is 1. The average molecular weight is 394 g/mol. The second-order valence-corrected chi connectivity index (χ2v) is 8.22. The molecule has 5 rings (SSSR count). The Bertz CT molecular complexity index is 834. The van der Waals surface area contributed by atoms with Gasteiger partial charge in [0.25, 0.3) is 0 Å². The van der Waals surface area contributed by atoms with Gasteiger partial charge in [-0.25, -0.2) is 4.98 Å². The molecule has 1 aromatic heterocycles. The van der Waals surface area contributed by atoms with E-state index in [2.05, 4.69) is 49.3 Å². The van der Waals surface area contributed by atoms with Crippen LogP contribution < -0.4 is 19.9 Å². The SMILES string of the molecule is c1cnc2c(c1)N(CCCCN1CCN(c3cccc4c3OCCC4)CC1)CN2. The minimum atomic E-state index is 0.858. The van der Waals surface area contributed by atoms with Crippen molar-refractivity contribution in [1.29, 1.82) is 0 Å². The van der Waals surface area contributed by atoms with Crippen LogP contribution in [-0.2, 0) is 6.42 Å². The Kier molecular flexibility index (Phi) is 5.43. The second kappa shape index (κ2) is 8.49. The van der Waals surface area contributed by atoms with Crippen molar-refractivity contribution >= 4 is 17.2 Å². The van der Waals surface area contributed by atoms with Gasteiger partial charge in [0.05, 0.1) is 24.7 Å². The molecule has 6 nitrogen and oxygen atoms in total. The van der Waals surface area contributed by atoms with Crippen LogP contribution in [0.2, 0.25) is 0 Å². The van der Waals surface area contributed by atoms with Gasteiger partial charge in [0.2, 0.25) is 0 Å². The van der Waals surface area contributed by atoms with Crippen molar-refractivity contribution in [3.63, 3.8) is 0 Å². The number of rotatable bonds is 6. The topological polar surface area (TPSA) is 43.9 Å². The lowest BCUT2D eigenvalue weighted by molar-refractivity contribution is 0.250. The number of aryl methyl sites for hydroxylation is 1. The summed E-state index contributed by atoms with van der Waals surface area (Å²) >= 11 is 0. The highest BCUT2D eigenvalue weighted by Gasteiger charge is 2.23. The van der Waals surface area contributed by atoms with Crippen molar-refractivity contribution in [3.05, 3.63) is 42.1 Å². The predicted molar refractivity (Wildman–Crippen MR) is 118 cm³/mol. The molecule has 3 aliphatic heterocycles. The van der Waals surface area contributed by atoms with Crippen molar-refractivity contribution < 1.29 is 4.74 Å². The van der Waals surface area contributed by atoms with E-state index in [1.807, 2.05) is 12.3 Å². The maximum atomic E-state index is 6.02. The number of piperazine rings is 1. The summed E-state index contributed by atoms with van der Waals surface area (Å²) in [7, 11) is 0. The quantitative estimate of drug-likeness (QED) is 0.761. The van der Waals surface area contributed by atoms with Crippen LogP contribution >= 0.6 is 0 Å². The molecule has 1 fully saturated rings. The summed E-state index contributed by atoms with van der Waals surface area (Å²) in [6, 6.07) is 10.8. The zero-order chi connectivity index (χ0) is 19.5. The first-order valence-corrected chi connectivity index (χ1v) is 11.0. The molecule has 4 heterocycles.